The topological polar surface area (TPSA) is 55.4 Å². The van der Waals surface area contributed by atoms with Gasteiger partial charge in [0.25, 0.3) is 0 Å². The summed E-state index contributed by atoms with van der Waals surface area (Å²) in [6.07, 6.45) is 0. The molecule has 2 rings (SSSR count). The highest BCUT2D eigenvalue weighted by atomic mass is 35.5. The van der Waals surface area contributed by atoms with E-state index in [1.165, 1.54) is 36.9 Å². The summed E-state index contributed by atoms with van der Waals surface area (Å²) in [5.74, 6) is -0.837. The minimum absolute atomic E-state index is 0.0000237. The second-order valence-corrected chi connectivity index (χ2v) is 6.35. The molecule has 2 aromatic carbocycles. The second kappa shape index (κ2) is 8.70. The summed E-state index contributed by atoms with van der Waals surface area (Å²) < 4.78 is 18.1. The molecule has 0 unspecified atom stereocenters. The number of halogens is 2. The van der Waals surface area contributed by atoms with Gasteiger partial charge in [0.05, 0.1) is 10.8 Å². The lowest BCUT2D eigenvalue weighted by molar-refractivity contribution is -0.141. The molecule has 0 atom stereocenters. The Labute approximate surface area is 148 Å². The fraction of sp³-hybridized carbons (Fsp3) is 0.176. The van der Waals surface area contributed by atoms with Crippen LogP contribution in [0.3, 0.4) is 0 Å². The van der Waals surface area contributed by atoms with Crippen molar-refractivity contribution >= 4 is 40.9 Å². The van der Waals surface area contributed by atoms with E-state index in [1.807, 2.05) is 0 Å². The van der Waals surface area contributed by atoms with Gasteiger partial charge in [-0.3, -0.25) is 9.59 Å². The maximum atomic E-state index is 12.9. The van der Waals surface area contributed by atoms with Crippen molar-refractivity contribution in [3.8, 4) is 0 Å². The first-order valence-electron chi connectivity index (χ1n) is 7.04. The van der Waals surface area contributed by atoms with Crippen LogP contribution in [0.4, 0.5) is 10.1 Å². The first kappa shape index (κ1) is 18.3. The van der Waals surface area contributed by atoms with Crippen LogP contribution in [-0.4, -0.2) is 17.6 Å². The first-order valence-corrected chi connectivity index (χ1v) is 8.40. The fourth-order valence-corrected chi connectivity index (χ4v) is 2.74. The van der Waals surface area contributed by atoms with Gasteiger partial charge in [-0.2, -0.15) is 0 Å². The average Bonchev–Trinajstić information content (AvgIpc) is 2.53. The highest BCUT2D eigenvalue weighted by Crippen LogP contribution is 2.21. The first-order chi connectivity index (χ1) is 11.4. The Morgan fingerprint density at radius 1 is 1.21 bits per heavy atom. The Bertz CT molecular complexity index is 737. The molecule has 0 aliphatic rings. The molecular formula is C17H15ClFNO3S. The third kappa shape index (κ3) is 5.86. The van der Waals surface area contributed by atoms with Crippen molar-refractivity contribution in [2.24, 2.45) is 0 Å². The number of carbonyl (C=O) groups excluding carboxylic acids is 2. The third-order valence-electron chi connectivity index (χ3n) is 2.94. The molecule has 0 saturated heterocycles. The number of esters is 1. The normalized spacial score (nSPS) is 10.3. The van der Waals surface area contributed by atoms with Crippen LogP contribution in [0.25, 0.3) is 0 Å². The lowest BCUT2D eigenvalue weighted by atomic mass is 10.2. The van der Waals surface area contributed by atoms with Gasteiger partial charge in [0.2, 0.25) is 5.91 Å². The minimum Gasteiger partial charge on any atom is -0.460 e. The number of carbonyl (C=O) groups is 2. The van der Waals surface area contributed by atoms with Crippen molar-refractivity contribution < 1.29 is 18.7 Å². The van der Waals surface area contributed by atoms with E-state index in [9.17, 15) is 14.0 Å². The Kier molecular flexibility index (Phi) is 6.63. The Morgan fingerprint density at radius 2 is 1.92 bits per heavy atom. The lowest BCUT2D eigenvalue weighted by Crippen LogP contribution is -2.07. The molecule has 0 bridgehead atoms. The molecule has 126 valence electrons. The molecular weight excluding hydrogens is 353 g/mol. The zero-order valence-electron chi connectivity index (χ0n) is 12.8. The second-order valence-electron chi connectivity index (χ2n) is 4.89. The van der Waals surface area contributed by atoms with Crippen molar-refractivity contribution in [2.45, 2.75) is 18.4 Å². The molecule has 0 saturated carbocycles. The molecule has 0 heterocycles. The number of nitrogens with one attached hydrogen (secondary N) is 1. The van der Waals surface area contributed by atoms with E-state index in [0.717, 1.165) is 4.90 Å². The van der Waals surface area contributed by atoms with Gasteiger partial charge in [0.1, 0.15) is 12.4 Å². The molecule has 2 aromatic rings. The Balaban J connectivity index is 1.79. The number of hydrogen-bond donors (Lipinski definition) is 1. The van der Waals surface area contributed by atoms with Gasteiger partial charge >= 0.3 is 5.97 Å². The van der Waals surface area contributed by atoms with Crippen molar-refractivity contribution in [1.29, 1.82) is 0 Å². The van der Waals surface area contributed by atoms with Crippen LogP contribution < -0.4 is 5.32 Å². The summed E-state index contributed by atoms with van der Waals surface area (Å²) in [5, 5.41) is 2.89. The minimum atomic E-state index is -0.437. The van der Waals surface area contributed by atoms with Gasteiger partial charge in [-0.25, -0.2) is 4.39 Å². The molecule has 0 aliphatic heterocycles. The van der Waals surface area contributed by atoms with Crippen molar-refractivity contribution in [3.63, 3.8) is 0 Å². The summed E-state index contributed by atoms with van der Waals surface area (Å²) >= 11 is 7.19. The molecule has 24 heavy (non-hydrogen) atoms. The lowest BCUT2D eigenvalue weighted by Gasteiger charge is -2.07. The fourth-order valence-electron chi connectivity index (χ4n) is 1.82. The summed E-state index contributed by atoms with van der Waals surface area (Å²) in [5.41, 5.74) is 1.25. The van der Waals surface area contributed by atoms with Crippen LogP contribution in [0.1, 0.15) is 12.5 Å². The standard InChI is InChI=1S/C17H15ClFNO3S/c1-11(21)20-14-4-6-15(7-5-14)24-10-17(22)23-9-12-2-3-13(19)8-16(12)18/h2-8H,9-10H2,1H3,(H,20,21). The van der Waals surface area contributed by atoms with Crippen molar-refractivity contribution in [2.75, 3.05) is 11.1 Å². The van der Waals surface area contributed by atoms with Gasteiger partial charge in [0, 0.05) is 23.1 Å². The summed E-state index contributed by atoms with van der Waals surface area (Å²) in [4.78, 5) is 23.6. The van der Waals surface area contributed by atoms with E-state index in [-0.39, 0.29) is 23.3 Å². The largest absolute Gasteiger partial charge is 0.460 e. The Hall–Kier alpha value is -2.05. The SMILES string of the molecule is CC(=O)Nc1ccc(SCC(=O)OCc2ccc(F)cc2Cl)cc1. The molecule has 4 nitrogen and oxygen atoms in total. The number of anilines is 1. The number of hydrogen-bond acceptors (Lipinski definition) is 4. The highest BCUT2D eigenvalue weighted by molar-refractivity contribution is 8.00. The molecule has 0 spiro atoms. The summed E-state index contributed by atoms with van der Waals surface area (Å²) in [6, 6.07) is 11.1. The van der Waals surface area contributed by atoms with Crippen LogP contribution in [-0.2, 0) is 20.9 Å². The maximum Gasteiger partial charge on any atom is 0.316 e. The third-order valence-corrected chi connectivity index (χ3v) is 4.27. The number of amides is 1. The van der Waals surface area contributed by atoms with Gasteiger partial charge in [-0.15, -0.1) is 11.8 Å². The van der Waals surface area contributed by atoms with Crippen LogP contribution in [0.15, 0.2) is 47.4 Å². The Morgan fingerprint density at radius 3 is 2.54 bits per heavy atom. The molecule has 1 N–H and O–H groups in total. The van der Waals surface area contributed by atoms with E-state index in [1.54, 1.807) is 24.3 Å². The van der Waals surface area contributed by atoms with Crippen LogP contribution >= 0.6 is 23.4 Å². The van der Waals surface area contributed by atoms with E-state index in [4.69, 9.17) is 16.3 Å². The number of benzene rings is 2. The van der Waals surface area contributed by atoms with E-state index >= 15 is 0 Å². The van der Waals surface area contributed by atoms with Crippen LogP contribution in [0, 0.1) is 5.82 Å². The monoisotopic (exact) mass is 367 g/mol. The van der Waals surface area contributed by atoms with Crippen LogP contribution in [0.2, 0.25) is 5.02 Å². The molecule has 0 aromatic heterocycles. The quantitative estimate of drug-likeness (QED) is 0.611. The van der Waals surface area contributed by atoms with Gasteiger partial charge in [-0.05, 0) is 36.4 Å². The molecule has 0 radical (unpaired) electrons. The van der Waals surface area contributed by atoms with E-state index < -0.39 is 11.8 Å². The highest BCUT2D eigenvalue weighted by Gasteiger charge is 2.08. The summed E-state index contributed by atoms with van der Waals surface area (Å²) in [6.45, 7) is 1.44. The smallest absolute Gasteiger partial charge is 0.316 e. The predicted molar refractivity (Wildman–Crippen MR) is 92.7 cm³/mol. The maximum absolute atomic E-state index is 12.9. The van der Waals surface area contributed by atoms with Crippen LogP contribution in [0.5, 0.6) is 0 Å². The molecule has 7 heteroatoms. The average molecular weight is 368 g/mol. The molecule has 1 amide bonds. The van der Waals surface area contributed by atoms with Crippen molar-refractivity contribution in [1.82, 2.24) is 0 Å². The van der Waals surface area contributed by atoms with E-state index in [2.05, 4.69) is 5.32 Å². The number of thioether (sulfide) groups is 1. The van der Waals surface area contributed by atoms with Gasteiger partial charge in [-0.1, -0.05) is 17.7 Å². The predicted octanol–water partition coefficient (Wildman–Crippen LogP) is 4.27. The number of ether oxygens (including phenoxy) is 1. The van der Waals surface area contributed by atoms with Gasteiger partial charge < -0.3 is 10.1 Å². The van der Waals surface area contributed by atoms with Gasteiger partial charge in [0.15, 0.2) is 0 Å². The molecule has 0 fully saturated rings. The molecule has 0 aliphatic carbocycles. The van der Waals surface area contributed by atoms with E-state index in [0.29, 0.717) is 11.3 Å². The number of rotatable bonds is 6. The zero-order chi connectivity index (χ0) is 17.5. The zero-order valence-corrected chi connectivity index (χ0v) is 14.4. The van der Waals surface area contributed by atoms with Crippen molar-refractivity contribution in [3.05, 3.63) is 58.9 Å². The summed E-state index contributed by atoms with van der Waals surface area (Å²) in [7, 11) is 0.